The summed E-state index contributed by atoms with van der Waals surface area (Å²) in [5.74, 6) is 0. The molecule has 2 heterocycles. The van der Waals surface area contributed by atoms with E-state index in [9.17, 15) is 4.79 Å². The number of aromatic nitrogens is 3. The number of hydrogen-bond donors (Lipinski definition) is 0. The molecule has 0 fully saturated rings. The average molecular weight is 350 g/mol. The Balaban J connectivity index is 1.93. The second-order valence-corrected chi connectivity index (χ2v) is 6.37. The van der Waals surface area contributed by atoms with Gasteiger partial charge in [0.1, 0.15) is 0 Å². The van der Waals surface area contributed by atoms with Gasteiger partial charge in [-0.05, 0) is 25.1 Å². The Hall–Kier alpha value is -1.53. The summed E-state index contributed by atoms with van der Waals surface area (Å²) in [5, 5.41) is 0.650. The van der Waals surface area contributed by atoms with E-state index in [1.807, 2.05) is 30.6 Å². The van der Waals surface area contributed by atoms with Crippen LogP contribution in [0, 0.1) is 6.92 Å². The summed E-state index contributed by atoms with van der Waals surface area (Å²) in [7, 11) is 0. The lowest BCUT2D eigenvalue weighted by Gasteiger charge is -2.06. The molecule has 0 spiro atoms. The van der Waals surface area contributed by atoms with Crippen LogP contribution in [0.1, 0.15) is 10.6 Å². The Labute approximate surface area is 128 Å². The molecule has 0 saturated heterocycles. The van der Waals surface area contributed by atoms with Gasteiger partial charge in [0.2, 0.25) is 0 Å². The number of hydrogen-bond acceptors (Lipinski definition) is 4. The molecule has 3 rings (SSSR count). The van der Waals surface area contributed by atoms with Gasteiger partial charge in [0.25, 0.3) is 5.56 Å². The van der Waals surface area contributed by atoms with E-state index in [1.54, 1.807) is 22.2 Å². The number of halogens is 1. The van der Waals surface area contributed by atoms with E-state index in [2.05, 4.69) is 25.9 Å². The molecule has 4 nitrogen and oxygen atoms in total. The molecule has 6 heteroatoms. The molecule has 0 saturated carbocycles. The topological polar surface area (TPSA) is 47.8 Å². The maximum Gasteiger partial charge on any atom is 0.261 e. The van der Waals surface area contributed by atoms with Crippen LogP contribution in [0.2, 0.25) is 0 Å². The Morgan fingerprint density at radius 3 is 2.95 bits per heavy atom. The summed E-state index contributed by atoms with van der Waals surface area (Å²) in [6.07, 6.45) is 2.42. The maximum absolute atomic E-state index is 12.4. The standard InChI is InChI=1S/C14H12BrN3OS/c1-9-13(20-8-17-9)4-5-18-7-16-12-6-10(15)2-3-11(12)14(18)19/h2-3,6-8H,4-5H2,1H3. The van der Waals surface area contributed by atoms with Gasteiger partial charge < -0.3 is 0 Å². The third kappa shape index (κ3) is 2.53. The summed E-state index contributed by atoms with van der Waals surface area (Å²) in [5.41, 5.74) is 3.60. The van der Waals surface area contributed by atoms with E-state index in [-0.39, 0.29) is 5.56 Å². The fraction of sp³-hybridized carbons (Fsp3) is 0.214. The van der Waals surface area contributed by atoms with Crippen molar-refractivity contribution in [3.05, 3.63) is 55.4 Å². The maximum atomic E-state index is 12.4. The molecular weight excluding hydrogens is 338 g/mol. The number of thiazole rings is 1. The van der Waals surface area contributed by atoms with Crippen molar-refractivity contribution < 1.29 is 0 Å². The SMILES string of the molecule is Cc1ncsc1CCn1cnc2cc(Br)ccc2c1=O. The quantitative estimate of drug-likeness (QED) is 0.729. The Morgan fingerprint density at radius 1 is 1.35 bits per heavy atom. The van der Waals surface area contributed by atoms with Crippen LogP contribution in [0.25, 0.3) is 10.9 Å². The number of aryl methyl sites for hydroxylation is 3. The van der Waals surface area contributed by atoms with Crippen LogP contribution in [0.5, 0.6) is 0 Å². The zero-order valence-electron chi connectivity index (χ0n) is 10.8. The van der Waals surface area contributed by atoms with Crippen molar-refractivity contribution >= 4 is 38.2 Å². The number of nitrogens with zero attached hydrogens (tertiary/aromatic N) is 3. The normalized spacial score (nSPS) is 11.1. The van der Waals surface area contributed by atoms with Crippen LogP contribution in [0.3, 0.4) is 0 Å². The first-order valence-electron chi connectivity index (χ1n) is 6.19. The van der Waals surface area contributed by atoms with E-state index >= 15 is 0 Å². The van der Waals surface area contributed by atoms with Crippen LogP contribution in [0.4, 0.5) is 0 Å². The number of fused-ring (bicyclic) bond motifs is 1. The number of rotatable bonds is 3. The summed E-state index contributed by atoms with van der Waals surface area (Å²) in [6, 6.07) is 5.53. The lowest BCUT2D eigenvalue weighted by molar-refractivity contribution is 0.665. The van der Waals surface area contributed by atoms with E-state index < -0.39 is 0 Å². The molecule has 0 atom stereocenters. The van der Waals surface area contributed by atoms with Gasteiger partial charge in [-0.2, -0.15) is 0 Å². The first-order chi connectivity index (χ1) is 9.65. The van der Waals surface area contributed by atoms with Crippen LogP contribution in [-0.2, 0) is 13.0 Å². The Morgan fingerprint density at radius 2 is 2.20 bits per heavy atom. The number of benzene rings is 1. The van der Waals surface area contributed by atoms with Crippen molar-refractivity contribution in [3.8, 4) is 0 Å². The van der Waals surface area contributed by atoms with Crippen molar-refractivity contribution in [2.45, 2.75) is 19.9 Å². The molecule has 20 heavy (non-hydrogen) atoms. The second-order valence-electron chi connectivity index (χ2n) is 4.52. The van der Waals surface area contributed by atoms with E-state index in [4.69, 9.17) is 0 Å². The van der Waals surface area contributed by atoms with Crippen molar-refractivity contribution in [1.29, 1.82) is 0 Å². The van der Waals surface area contributed by atoms with Crippen LogP contribution in [-0.4, -0.2) is 14.5 Å². The monoisotopic (exact) mass is 349 g/mol. The Bertz CT molecular complexity index is 825. The molecule has 1 aromatic carbocycles. The minimum atomic E-state index is 0.00432. The molecule has 0 unspecified atom stereocenters. The average Bonchev–Trinajstić information content (AvgIpc) is 2.83. The third-order valence-corrected chi connectivity index (χ3v) is 4.70. The minimum Gasteiger partial charge on any atom is -0.298 e. The second kappa shape index (κ2) is 5.46. The van der Waals surface area contributed by atoms with Gasteiger partial charge in [0.15, 0.2) is 0 Å². The molecule has 0 aliphatic heterocycles. The highest BCUT2D eigenvalue weighted by molar-refractivity contribution is 9.10. The molecule has 0 aliphatic carbocycles. The van der Waals surface area contributed by atoms with Gasteiger partial charge in [-0.3, -0.25) is 9.36 Å². The van der Waals surface area contributed by atoms with E-state index in [0.29, 0.717) is 11.9 Å². The largest absolute Gasteiger partial charge is 0.298 e. The first-order valence-corrected chi connectivity index (χ1v) is 7.86. The highest BCUT2D eigenvalue weighted by atomic mass is 79.9. The lowest BCUT2D eigenvalue weighted by Crippen LogP contribution is -2.21. The minimum absolute atomic E-state index is 0.00432. The lowest BCUT2D eigenvalue weighted by atomic mass is 10.2. The Kier molecular flexibility index (Phi) is 3.67. The van der Waals surface area contributed by atoms with E-state index in [0.717, 1.165) is 22.1 Å². The van der Waals surface area contributed by atoms with Gasteiger partial charge >= 0.3 is 0 Å². The summed E-state index contributed by atoms with van der Waals surface area (Å²) < 4.78 is 2.59. The van der Waals surface area contributed by atoms with Gasteiger partial charge in [-0.15, -0.1) is 11.3 Å². The molecule has 3 aromatic rings. The van der Waals surface area contributed by atoms with Crippen LogP contribution < -0.4 is 5.56 Å². The fourth-order valence-electron chi connectivity index (χ4n) is 2.08. The highest BCUT2D eigenvalue weighted by Gasteiger charge is 2.06. The molecule has 0 radical (unpaired) electrons. The molecular formula is C14H12BrN3OS. The predicted octanol–water partition coefficient (Wildman–Crippen LogP) is 3.17. The van der Waals surface area contributed by atoms with Crippen LogP contribution >= 0.6 is 27.3 Å². The van der Waals surface area contributed by atoms with E-state index in [1.165, 1.54) is 4.88 Å². The zero-order chi connectivity index (χ0) is 14.1. The van der Waals surface area contributed by atoms with Crippen molar-refractivity contribution in [1.82, 2.24) is 14.5 Å². The third-order valence-electron chi connectivity index (χ3n) is 3.21. The molecule has 0 aliphatic rings. The van der Waals surface area contributed by atoms with Crippen molar-refractivity contribution in [2.24, 2.45) is 0 Å². The molecule has 0 amide bonds. The summed E-state index contributed by atoms with van der Waals surface area (Å²) in [4.78, 5) is 22.2. The molecule has 0 N–H and O–H groups in total. The van der Waals surface area contributed by atoms with Gasteiger partial charge in [0, 0.05) is 22.3 Å². The van der Waals surface area contributed by atoms with Crippen LogP contribution in [0.15, 0.2) is 39.3 Å². The molecule has 0 bridgehead atoms. The van der Waals surface area contributed by atoms with Gasteiger partial charge in [0.05, 0.1) is 28.4 Å². The fourth-order valence-corrected chi connectivity index (χ4v) is 3.20. The van der Waals surface area contributed by atoms with Gasteiger partial charge in [-0.25, -0.2) is 9.97 Å². The predicted molar refractivity (Wildman–Crippen MR) is 84.3 cm³/mol. The zero-order valence-corrected chi connectivity index (χ0v) is 13.2. The highest BCUT2D eigenvalue weighted by Crippen LogP contribution is 2.16. The van der Waals surface area contributed by atoms with Crippen molar-refractivity contribution in [3.63, 3.8) is 0 Å². The molecule has 102 valence electrons. The van der Waals surface area contributed by atoms with Crippen molar-refractivity contribution in [2.75, 3.05) is 0 Å². The molecule has 2 aromatic heterocycles. The smallest absolute Gasteiger partial charge is 0.261 e. The summed E-state index contributed by atoms with van der Waals surface area (Å²) in [6.45, 7) is 2.62. The first kappa shape index (κ1) is 13.5. The summed E-state index contributed by atoms with van der Waals surface area (Å²) >= 11 is 5.01. The van der Waals surface area contributed by atoms with Gasteiger partial charge in [-0.1, -0.05) is 15.9 Å².